The Kier molecular flexibility index (Phi) is 6.66. The Morgan fingerprint density at radius 1 is 1.23 bits per heavy atom. The lowest BCUT2D eigenvalue weighted by Crippen LogP contribution is -2.46. The fourth-order valence-corrected chi connectivity index (χ4v) is 5.46. The Labute approximate surface area is 208 Å². The zero-order chi connectivity index (χ0) is 24.4. The van der Waals surface area contributed by atoms with Crippen LogP contribution in [0.3, 0.4) is 0 Å². The third-order valence-electron chi connectivity index (χ3n) is 6.23. The summed E-state index contributed by atoms with van der Waals surface area (Å²) >= 11 is 1.50. The average molecular weight is 490 g/mol. The van der Waals surface area contributed by atoms with E-state index in [9.17, 15) is 10.1 Å². The second kappa shape index (κ2) is 10.0. The topological polar surface area (TPSA) is 100 Å². The summed E-state index contributed by atoms with van der Waals surface area (Å²) in [7, 11) is 0. The molecule has 1 fully saturated rings. The van der Waals surface area contributed by atoms with Gasteiger partial charge in [0, 0.05) is 24.2 Å². The molecule has 1 unspecified atom stereocenters. The maximum absolute atomic E-state index is 12.7. The van der Waals surface area contributed by atoms with Crippen LogP contribution in [0, 0.1) is 11.3 Å². The van der Waals surface area contributed by atoms with Crippen LogP contribution in [-0.2, 0) is 11.2 Å². The molecule has 2 aliphatic rings. The van der Waals surface area contributed by atoms with E-state index in [4.69, 9.17) is 9.47 Å². The van der Waals surface area contributed by atoms with Crippen LogP contribution in [0.4, 0.5) is 4.79 Å². The zero-order valence-corrected chi connectivity index (χ0v) is 20.6. The first-order valence-electron chi connectivity index (χ1n) is 11.8. The largest absolute Gasteiger partial charge is 0.490 e. The number of benzene rings is 2. The molecule has 1 aliphatic carbocycles. The van der Waals surface area contributed by atoms with Gasteiger partial charge in [-0.1, -0.05) is 29.5 Å². The van der Waals surface area contributed by atoms with E-state index >= 15 is 0 Å². The van der Waals surface area contributed by atoms with Crippen molar-refractivity contribution in [3.05, 3.63) is 53.1 Å². The van der Waals surface area contributed by atoms with Gasteiger partial charge < -0.3 is 19.7 Å². The van der Waals surface area contributed by atoms with E-state index in [2.05, 4.69) is 33.7 Å². The maximum Gasteiger partial charge on any atom is 0.318 e. The number of urea groups is 1. The standard InChI is InChI=1S/C26H27N5O3S/c1-16(2)34-23-9-6-17(14-18(23)15-27)24-29-30-25(35-24)21-5-3-4-20-19(21)7-8-22(20)28-26(32)31-10-12-33-13-11-31/h3-6,9,14,16,22H,7-8,10-13H2,1-2H3,(H,28,32). The Morgan fingerprint density at radius 2 is 2.03 bits per heavy atom. The monoisotopic (exact) mass is 489 g/mol. The van der Waals surface area contributed by atoms with Gasteiger partial charge in [-0.25, -0.2) is 4.79 Å². The number of carbonyl (C=O) groups is 1. The molecule has 1 N–H and O–H groups in total. The molecule has 3 aromatic rings. The smallest absolute Gasteiger partial charge is 0.318 e. The molecule has 0 spiro atoms. The quantitative estimate of drug-likeness (QED) is 0.564. The highest BCUT2D eigenvalue weighted by Crippen LogP contribution is 2.40. The van der Waals surface area contributed by atoms with Crippen molar-refractivity contribution in [1.82, 2.24) is 20.4 Å². The fourth-order valence-electron chi connectivity index (χ4n) is 4.57. The first-order chi connectivity index (χ1) is 17.0. The molecular formula is C26H27N5O3S. The van der Waals surface area contributed by atoms with E-state index in [1.165, 1.54) is 16.9 Å². The highest BCUT2D eigenvalue weighted by molar-refractivity contribution is 7.17. The molecule has 0 radical (unpaired) electrons. The first kappa shape index (κ1) is 23.3. The summed E-state index contributed by atoms with van der Waals surface area (Å²) in [5, 5.41) is 23.2. The Bertz CT molecular complexity index is 1280. The number of morpholine rings is 1. The van der Waals surface area contributed by atoms with Gasteiger partial charge in [-0.3, -0.25) is 0 Å². The number of aromatic nitrogens is 2. The third-order valence-corrected chi connectivity index (χ3v) is 7.24. The zero-order valence-electron chi connectivity index (χ0n) is 19.8. The number of nitrogens with zero attached hydrogens (tertiary/aromatic N) is 4. The molecule has 9 heteroatoms. The van der Waals surface area contributed by atoms with Crippen molar-refractivity contribution in [2.45, 2.75) is 38.8 Å². The average Bonchev–Trinajstić information content (AvgIpc) is 3.52. The molecule has 2 amide bonds. The van der Waals surface area contributed by atoms with Crippen LogP contribution in [0.2, 0.25) is 0 Å². The highest BCUT2D eigenvalue weighted by Gasteiger charge is 2.29. The number of ether oxygens (including phenoxy) is 2. The van der Waals surface area contributed by atoms with Crippen LogP contribution in [-0.4, -0.2) is 53.5 Å². The van der Waals surface area contributed by atoms with E-state index < -0.39 is 0 Å². The minimum absolute atomic E-state index is 0.0104. The van der Waals surface area contributed by atoms with Gasteiger partial charge in [0.25, 0.3) is 0 Å². The number of fused-ring (bicyclic) bond motifs is 1. The molecular weight excluding hydrogens is 462 g/mol. The summed E-state index contributed by atoms with van der Waals surface area (Å²) in [5.41, 5.74) is 4.72. The van der Waals surface area contributed by atoms with E-state index in [-0.39, 0.29) is 18.2 Å². The fraction of sp³-hybridized carbons (Fsp3) is 0.385. The van der Waals surface area contributed by atoms with Gasteiger partial charge in [-0.15, -0.1) is 10.2 Å². The summed E-state index contributed by atoms with van der Waals surface area (Å²) in [6.45, 7) is 6.28. The van der Waals surface area contributed by atoms with Crippen molar-refractivity contribution < 1.29 is 14.3 Å². The van der Waals surface area contributed by atoms with Crippen molar-refractivity contribution in [2.24, 2.45) is 0 Å². The predicted octanol–water partition coefficient (Wildman–Crippen LogP) is 4.56. The van der Waals surface area contributed by atoms with Crippen molar-refractivity contribution in [2.75, 3.05) is 26.3 Å². The van der Waals surface area contributed by atoms with Gasteiger partial charge in [-0.2, -0.15) is 5.26 Å². The molecule has 2 heterocycles. The Balaban J connectivity index is 1.37. The molecule has 1 saturated heterocycles. The van der Waals surface area contributed by atoms with Crippen LogP contribution in [0.1, 0.15) is 43.0 Å². The molecule has 1 aromatic heterocycles. The SMILES string of the molecule is CC(C)Oc1ccc(-c2nnc(-c3cccc4c3CCC4NC(=O)N3CCOCC3)s2)cc1C#N. The van der Waals surface area contributed by atoms with Crippen molar-refractivity contribution in [3.63, 3.8) is 0 Å². The van der Waals surface area contributed by atoms with Gasteiger partial charge in [0.15, 0.2) is 0 Å². The van der Waals surface area contributed by atoms with E-state index in [1.54, 1.807) is 6.07 Å². The molecule has 8 nitrogen and oxygen atoms in total. The van der Waals surface area contributed by atoms with Gasteiger partial charge in [-0.05, 0) is 56.0 Å². The third kappa shape index (κ3) is 4.85. The number of amides is 2. The molecule has 1 aliphatic heterocycles. The Morgan fingerprint density at radius 3 is 2.80 bits per heavy atom. The molecule has 35 heavy (non-hydrogen) atoms. The van der Waals surface area contributed by atoms with Crippen LogP contribution < -0.4 is 10.1 Å². The molecule has 0 saturated carbocycles. The second-order valence-electron chi connectivity index (χ2n) is 8.92. The van der Waals surface area contributed by atoms with Gasteiger partial charge >= 0.3 is 6.03 Å². The molecule has 1 atom stereocenters. The molecule has 180 valence electrons. The van der Waals surface area contributed by atoms with Crippen LogP contribution in [0.15, 0.2) is 36.4 Å². The number of nitriles is 1. The van der Waals surface area contributed by atoms with Gasteiger partial charge in [0.05, 0.1) is 30.9 Å². The lowest BCUT2D eigenvalue weighted by Gasteiger charge is -2.28. The minimum Gasteiger partial charge on any atom is -0.490 e. The van der Waals surface area contributed by atoms with Crippen LogP contribution in [0.5, 0.6) is 5.75 Å². The van der Waals surface area contributed by atoms with Gasteiger partial charge in [0.2, 0.25) is 0 Å². The van der Waals surface area contributed by atoms with Gasteiger partial charge in [0.1, 0.15) is 21.8 Å². The summed E-state index contributed by atoms with van der Waals surface area (Å²) in [6.07, 6.45) is 1.72. The predicted molar refractivity (Wildman–Crippen MR) is 133 cm³/mol. The van der Waals surface area contributed by atoms with Crippen LogP contribution >= 0.6 is 11.3 Å². The first-order valence-corrected chi connectivity index (χ1v) is 12.6. The summed E-state index contributed by atoms with van der Waals surface area (Å²) < 4.78 is 11.1. The lowest BCUT2D eigenvalue weighted by atomic mass is 10.0. The number of hydrogen-bond acceptors (Lipinski definition) is 7. The summed E-state index contributed by atoms with van der Waals surface area (Å²) in [4.78, 5) is 14.5. The van der Waals surface area contributed by atoms with Crippen molar-refractivity contribution in [3.8, 4) is 33.0 Å². The lowest BCUT2D eigenvalue weighted by molar-refractivity contribution is 0.0525. The van der Waals surface area contributed by atoms with E-state index in [1.807, 2.05) is 36.9 Å². The summed E-state index contributed by atoms with van der Waals surface area (Å²) in [5.74, 6) is 0.571. The van der Waals surface area contributed by atoms with Crippen molar-refractivity contribution >= 4 is 17.4 Å². The molecule has 5 rings (SSSR count). The molecule has 2 aromatic carbocycles. The van der Waals surface area contributed by atoms with E-state index in [0.717, 1.165) is 39.5 Å². The number of hydrogen-bond donors (Lipinski definition) is 1. The number of rotatable bonds is 5. The van der Waals surface area contributed by atoms with Crippen molar-refractivity contribution in [1.29, 1.82) is 5.26 Å². The molecule has 0 bridgehead atoms. The Hall–Kier alpha value is -3.48. The normalized spacial score (nSPS) is 17.2. The van der Waals surface area contributed by atoms with E-state index in [0.29, 0.717) is 37.6 Å². The maximum atomic E-state index is 12.7. The highest BCUT2D eigenvalue weighted by atomic mass is 32.1. The number of nitrogens with one attached hydrogen (secondary N) is 1. The minimum atomic E-state index is -0.0343. The van der Waals surface area contributed by atoms with Crippen LogP contribution in [0.25, 0.3) is 21.1 Å². The number of carbonyl (C=O) groups excluding carboxylic acids is 1. The second-order valence-corrected chi connectivity index (χ2v) is 9.89. The summed E-state index contributed by atoms with van der Waals surface area (Å²) in [6, 6.07) is 13.9.